The van der Waals surface area contributed by atoms with Crippen LogP contribution in [0.4, 0.5) is 14.5 Å². The molecule has 2 saturated heterocycles. The van der Waals surface area contributed by atoms with Crippen molar-refractivity contribution in [2.45, 2.75) is 18.9 Å². The number of hydrogen-bond acceptors (Lipinski definition) is 4. The maximum absolute atomic E-state index is 15.0. The molecule has 2 aromatic rings. The zero-order valence-corrected chi connectivity index (χ0v) is 20.5. The van der Waals surface area contributed by atoms with E-state index in [1.54, 1.807) is 23.1 Å². The van der Waals surface area contributed by atoms with Gasteiger partial charge in [-0.2, -0.15) is 0 Å². The van der Waals surface area contributed by atoms with E-state index in [1.165, 1.54) is 12.1 Å². The Balaban J connectivity index is 1.40. The molecule has 0 aromatic heterocycles. The Morgan fingerprint density at radius 3 is 2.59 bits per heavy atom. The molecule has 2 fully saturated rings. The third-order valence-electron chi connectivity index (χ3n) is 6.24. The zero-order chi connectivity index (χ0) is 22.4. The zero-order valence-electron chi connectivity index (χ0n) is 17.1. The topological polar surface area (TPSA) is 52.7 Å². The van der Waals surface area contributed by atoms with Crippen molar-refractivity contribution in [1.29, 1.82) is 0 Å². The van der Waals surface area contributed by atoms with Crippen LogP contribution < -0.4 is 14.6 Å². The van der Waals surface area contributed by atoms with Crippen LogP contribution >= 0.6 is 15.9 Å². The van der Waals surface area contributed by atoms with Crippen LogP contribution in [0, 0.1) is 11.6 Å². The number of nitrogens with one attached hydrogen (secondary N) is 1. The number of hydrogen-bond donors (Lipinski definition) is 1. The van der Waals surface area contributed by atoms with Gasteiger partial charge in [0.15, 0.2) is 0 Å². The fraction of sp³-hybridized carbons (Fsp3) is 0.304. The average Bonchev–Trinajstić information content (AvgIpc) is 3.21. The number of benzene rings is 2. The van der Waals surface area contributed by atoms with Crippen LogP contribution in [0.2, 0.25) is 0 Å². The summed E-state index contributed by atoms with van der Waals surface area (Å²) in [6.07, 6.45) is 2.21. The van der Waals surface area contributed by atoms with Crippen LogP contribution in [0.25, 0.3) is 5.57 Å². The van der Waals surface area contributed by atoms with Gasteiger partial charge in [0.2, 0.25) is 0 Å². The van der Waals surface area contributed by atoms with E-state index in [9.17, 15) is 18.4 Å². The van der Waals surface area contributed by atoms with Crippen LogP contribution in [0.5, 0.6) is 0 Å². The van der Waals surface area contributed by atoms with Gasteiger partial charge in [0, 0.05) is 0 Å². The number of fused-ring (bicyclic) bond motifs is 2. The number of piperazine rings is 1. The molecule has 1 radical (unpaired) electrons. The normalized spacial score (nSPS) is 22.5. The number of nitrogens with zero attached hydrogens (tertiary/aromatic N) is 2. The molecule has 3 aliphatic heterocycles. The predicted octanol–water partition coefficient (Wildman–Crippen LogP) is 2.65. The van der Waals surface area contributed by atoms with Crippen molar-refractivity contribution in [3.63, 3.8) is 0 Å². The fourth-order valence-corrected chi connectivity index (χ4v) is 6.96. The molecule has 165 valence electrons. The second kappa shape index (κ2) is 8.73. The Morgan fingerprint density at radius 1 is 1.03 bits per heavy atom. The summed E-state index contributed by atoms with van der Waals surface area (Å²) in [4.78, 5) is 30.4. The van der Waals surface area contributed by atoms with Crippen LogP contribution in [-0.4, -0.2) is 64.7 Å². The van der Waals surface area contributed by atoms with Gasteiger partial charge in [-0.3, -0.25) is 0 Å². The number of anilines is 1. The first kappa shape index (κ1) is 21.8. The number of amides is 2. The molecular formula is C23H20AsBrF2N3O2. The molecule has 0 saturated carbocycles. The van der Waals surface area contributed by atoms with Crippen molar-refractivity contribution < 1.29 is 18.4 Å². The van der Waals surface area contributed by atoms with Gasteiger partial charge in [-0.05, 0) is 0 Å². The summed E-state index contributed by atoms with van der Waals surface area (Å²) in [5.41, 5.74) is 1.32. The molecule has 2 aromatic carbocycles. The quantitative estimate of drug-likeness (QED) is 0.355. The van der Waals surface area contributed by atoms with E-state index in [0.717, 1.165) is 30.4 Å². The Morgan fingerprint density at radius 2 is 1.81 bits per heavy atom. The van der Waals surface area contributed by atoms with E-state index in [0.29, 0.717) is 40.2 Å². The first-order valence-corrected chi connectivity index (χ1v) is 13.3. The summed E-state index contributed by atoms with van der Waals surface area (Å²) in [6, 6.07) is 8.21. The minimum absolute atomic E-state index is 0.0458. The Hall–Kier alpha value is -2.02. The van der Waals surface area contributed by atoms with Crippen molar-refractivity contribution in [1.82, 2.24) is 10.2 Å². The summed E-state index contributed by atoms with van der Waals surface area (Å²) in [7, 11) is 0. The molecule has 5 rings (SSSR count). The monoisotopic (exact) mass is 562 g/mol. The summed E-state index contributed by atoms with van der Waals surface area (Å²) in [5, 5.41) is 2.33. The Kier molecular flexibility index (Phi) is 5.95. The van der Waals surface area contributed by atoms with Gasteiger partial charge in [0.25, 0.3) is 0 Å². The number of imide groups is 1. The van der Waals surface area contributed by atoms with Gasteiger partial charge < -0.3 is 0 Å². The van der Waals surface area contributed by atoms with Crippen molar-refractivity contribution in [3.05, 3.63) is 62.4 Å². The molecule has 0 spiro atoms. The van der Waals surface area contributed by atoms with Gasteiger partial charge in [-0.15, -0.1) is 0 Å². The van der Waals surface area contributed by atoms with E-state index in [2.05, 4.69) is 26.1 Å². The minimum atomic E-state index is -0.835. The molecule has 0 unspecified atom stereocenters. The first-order valence-electron chi connectivity index (χ1n) is 10.5. The van der Waals surface area contributed by atoms with E-state index >= 15 is 0 Å². The van der Waals surface area contributed by atoms with E-state index < -0.39 is 39.2 Å². The Bertz CT molecular complexity index is 1130. The van der Waals surface area contributed by atoms with Crippen molar-refractivity contribution >= 4 is 59.1 Å². The van der Waals surface area contributed by atoms with Crippen LogP contribution in [0.1, 0.15) is 28.8 Å². The number of rotatable bonds is 3. The molecule has 3 aliphatic rings. The van der Waals surface area contributed by atoms with Crippen molar-refractivity contribution in [2.24, 2.45) is 0 Å². The van der Waals surface area contributed by atoms with Crippen molar-refractivity contribution in [3.8, 4) is 0 Å². The van der Waals surface area contributed by atoms with Crippen LogP contribution in [-0.2, 0) is 4.79 Å². The van der Waals surface area contributed by atoms with Gasteiger partial charge in [-0.25, -0.2) is 0 Å². The molecule has 32 heavy (non-hydrogen) atoms. The van der Waals surface area contributed by atoms with E-state index in [1.807, 2.05) is 4.90 Å². The van der Waals surface area contributed by atoms with Crippen LogP contribution in [0.15, 0.2) is 39.7 Å². The molecule has 2 amide bonds. The summed E-state index contributed by atoms with van der Waals surface area (Å²) < 4.78 is 31.2. The Labute approximate surface area is 199 Å². The standard InChI is InChI=1S/C23H20AsBrF2N3O2/c25-14-3-4-16-17(10-14)18(23(32)28-22(16)31)11-24-13-8-19(26)21(20(27)9-13)30-7-6-29-5-1-2-15(29)12-30/h3-4,8-11,15H,1-2,5-7,12H2,(H,28,31,32)/t15-/m0/s1. The summed E-state index contributed by atoms with van der Waals surface area (Å²) >= 11 is 2.53. The molecule has 1 N–H and O–H groups in total. The molecule has 1 atom stereocenters. The SMILES string of the molecule is O=C1NC(=O)c2ccc(Br)cc2C1=C[As]c1cc(F)c(N2CCN3CCC[C@H]3C2)c(F)c1. The fourth-order valence-electron chi connectivity index (χ4n) is 4.69. The number of carbonyl (C=O) groups excluding carboxylic acids is 2. The second-order valence-electron chi connectivity index (χ2n) is 8.18. The molecule has 0 aliphatic carbocycles. The first-order chi connectivity index (χ1) is 15.4. The van der Waals surface area contributed by atoms with Crippen molar-refractivity contribution in [2.75, 3.05) is 31.1 Å². The summed E-state index contributed by atoms with van der Waals surface area (Å²) in [5.74, 6) is -2.07. The summed E-state index contributed by atoms with van der Waals surface area (Å²) in [6.45, 7) is 3.15. The number of halogens is 3. The second-order valence-corrected chi connectivity index (χ2v) is 11.3. The van der Waals surface area contributed by atoms with Gasteiger partial charge in [0.1, 0.15) is 0 Å². The molecule has 3 heterocycles. The number of carbonyl (C=O) groups is 2. The van der Waals surface area contributed by atoms with Crippen LogP contribution in [0.3, 0.4) is 0 Å². The average molecular weight is 563 g/mol. The van der Waals surface area contributed by atoms with Gasteiger partial charge in [0.05, 0.1) is 0 Å². The molecule has 5 nitrogen and oxygen atoms in total. The molecule has 9 heteroatoms. The van der Waals surface area contributed by atoms with Gasteiger partial charge in [-0.1, -0.05) is 0 Å². The van der Waals surface area contributed by atoms with E-state index in [-0.39, 0.29) is 5.69 Å². The third-order valence-corrected chi connectivity index (χ3v) is 8.71. The molecule has 0 bridgehead atoms. The maximum atomic E-state index is 15.0. The molecular weight excluding hydrogens is 543 g/mol. The van der Waals surface area contributed by atoms with E-state index in [4.69, 9.17) is 0 Å². The van der Waals surface area contributed by atoms with Gasteiger partial charge >= 0.3 is 200 Å². The third kappa shape index (κ3) is 4.04. The predicted molar refractivity (Wildman–Crippen MR) is 123 cm³/mol.